The molecular formula is C12H15N. The van der Waals surface area contributed by atoms with Crippen molar-refractivity contribution in [2.24, 2.45) is 0 Å². The fraction of sp³-hybridized carbons (Fsp3) is 0.333. The van der Waals surface area contributed by atoms with E-state index in [0.717, 1.165) is 0 Å². The Morgan fingerprint density at radius 3 is 2.85 bits per heavy atom. The molecule has 0 bridgehead atoms. The van der Waals surface area contributed by atoms with Gasteiger partial charge in [-0.25, -0.2) is 0 Å². The lowest BCUT2D eigenvalue weighted by Crippen LogP contribution is -2.16. The molecule has 0 fully saturated rings. The monoisotopic (exact) mass is 173 g/mol. The first-order valence-corrected chi connectivity index (χ1v) is 4.83. The van der Waals surface area contributed by atoms with E-state index in [9.17, 15) is 0 Å². The van der Waals surface area contributed by atoms with E-state index in [0.29, 0.717) is 5.92 Å². The number of allylic oxidation sites excluding steroid dienone is 1. The zero-order chi connectivity index (χ0) is 9.26. The van der Waals surface area contributed by atoms with Crippen LogP contribution in [0.5, 0.6) is 0 Å². The summed E-state index contributed by atoms with van der Waals surface area (Å²) in [5, 5.41) is 0. The Labute approximate surface area is 79.7 Å². The molecule has 0 saturated carbocycles. The Bertz CT molecular complexity index is 328. The van der Waals surface area contributed by atoms with Crippen molar-refractivity contribution < 1.29 is 0 Å². The average molecular weight is 173 g/mol. The zero-order valence-electron chi connectivity index (χ0n) is 8.20. The molecule has 68 valence electrons. The Hall–Kier alpha value is -1.24. The van der Waals surface area contributed by atoms with Crippen LogP contribution in [0.3, 0.4) is 0 Å². The summed E-state index contributed by atoms with van der Waals surface area (Å²) >= 11 is 0. The molecule has 0 amide bonds. The molecule has 1 aromatic carbocycles. The molecule has 0 N–H and O–H groups in total. The first kappa shape index (κ1) is 8.36. The van der Waals surface area contributed by atoms with Gasteiger partial charge < -0.3 is 4.90 Å². The van der Waals surface area contributed by atoms with Gasteiger partial charge in [0.25, 0.3) is 0 Å². The van der Waals surface area contributed by atoms with E-state index in [1.165, 1.54) is 17.7 Å². The maximum Gasteiger partial charge on any atom is 0.0441 e. The zero-order valence-corrected chi connectivity index (χ0v) is 8.20. The van der Waals surface area contributed by atoms with Gasteiger partial charge in [0.2, 0.25) is 0 Å². The predicted molar refractivity (Wildman–Crippen MR) is 57.0 cm³/mol. The molecule has 13 heavy (non-hydrogen) atoms. The lowest BCUT2D eigenvalue weighted by atomic mass is 9.92. The van der Waals surface area contributed by atoms with E-state index in [2.05, 4.69) is 55.4 Å². The molecule has 2 rings (SSSR count). The van der Waals surface area contributed by atoms with Gasteiger partial charge in [0.1, 0.15) is 0 Å². The maximum absolute atomic E-state index is 2.28. The highest BCUT2D eigenvalue weighted by Crippen LogP contribution is 2.33. The van der Waals surface area contributed by atoms with Gasteiger partial charge in [0.15, 0.2) is 0 Å². The van der Waals surface area contributed by atoms with Crippen LogP contribution in [-0.2, 0) is 0 Å². The van der Waals surface area contributed by atoms with Crippen LogP contribution in [0.15, 0.2) is 36.5 Å². The van der Waals surface area contributed by atoms with Gasteiger partial charge in [-0.2, -0.15) is 0 Å². The van der Waals surface area contributed by atoms with Crippen molar-refractivity contribution in [2.75, 3.05) is 11.9 Å². The summed E-state index contributed by atoms with van der Waals surface area (Å²) < 4.78 is 0. The van der Waals surface area contributed by atoms with Crippen molar-refractivity contribution >= 4 is 5.69 Å². The van der Waals surface area contributed by atoms with Crippen molar-refractivity contribution in [3.63, 3.8) is 0 Å². The summed E-state index contributed by atoms with van der Waals surface area (Å²) in [6, 6.07) is 8.63. The Balaban J connectivity index is 2.48. The van der Waals surface area contributed by atoms with E-state index < -0.39 is 0 Å². The number of fused-ring (bicyclic) bond motifs is 1. The summed E-state index contributed by atoms with van der Waals surface area (Å²) in [6.45, 7) is 2.23. The van der Waals surface area contributed by atoms with Crippen LogP contribution in [0.4, 0.5) is 5.69 Å². The minimum absolute atomic E-state index is 0.604. The van der Waals surface area contributed by atoms with Gasteiger partial charge in [-0.15, -0.1) is 0 Å². The lowest BCUT2D eigenvalue weighted by Gasteiger charge is -2.27. The van der Waals surface area contributed by atoms with Gasteiger partial charge in [-0.1, -0.05) is 31.2 Å². The molecule has 0 spiro atoms. The minimum atomic E-state index is 0.604. The molecule has 1 atom stereocenters. The number of hydrogen-bond donors (Lipinski definition) is 0. The predicted octanol–water partition coefficient (Wildman–Crippen LogP) is 3.14. The summed E-state index contributed by atoms with van der Waals surface area (Å²) in [6.07, 6.45) is 5.63. The summed E-state index contributed by atoms with van der Waals surface area (Å²) in [7, 11) is 2.10. The molecule has 1 heterocycles. The van der Waals surface area contributed by atoms with Crippen LogP contribution in [-0.4, -0.2) is 7.05 Å². The highest BCUT2D eigenvalue weighted by Gasteiger charge is 2.15. The molecule has 0 saturated heterocycles. The van der Waals surface area contributed by atoms with Gasteiger partial charge in [0, 0.05) is 24.9 Å². The third kappa shape index (κ3) is 1.35. The molecule has 1 nitrogen and oxygen atoms in total. The van der Waals surface area contributed by atoms with Crippen molar-refractivity contribution in [3.05, 3.63) is 42.1 Å². The molecule has 0 unspecified atom stereocenters. The molecule has 1 aliphatic rings. The van der Waals surface area contributed by atoms with Crippen molar-refractivity contribution in [3.8, 4) is 0 Å². The SMILES string of the molecule is CC[C@@H]1C=CN(C)c2ccccc21. The smallest absolute Gasteiger partial charge is 0.0441 e. The van der Waals surface area contributed by atoms with Crippen LogP contribution in [0.1, 0.15) is 24.8 Å². The molecule has 0 radical (unpaired) electrons. The van der Waals surface area contributed by atoms with E-state index in [-0.39, 0.29) is 0 Å². The van der Waals surface area contributed by atoms with Crippen LogP contribution < -0.4 is 4.90 Å². The van der Waals surface area contributed by atoms with Crippen LogP contribution in [0.2, 0.25) is 0 Å². The lowest BCUT2D eigenvalue weighted by molar-refractivity contribution is 0.787. The van der Waals surface area contributed by atoms with E-state index >= 15 is 0 Å². The van der Waals surface area contributed by atoms with Gasteiger partial charge in [-0.05, 0) is 18.1 Å². The number of rotatable bonds is 1. The fourth-order valence-electron chi connectivity index (χ4n) is 1.90. The quantitative estimate of drug-likeness (QED) is 0.630. The second-order valence-corrected chi connectivity index (χ2v) is 3.53. The third-order valence-corrected chi connectivity index (χ3v) is 2.70. The second-order valence-electron chi connectivity index (χ2n) is 3.53. The first-order valence-electron chi connectivity index (χ1n) is 4.83. The second kappa shape index (κ2) is 3.25. The van der Waals surface area contributed by atoms with E-state index in [4.69, 9.17) is 0 Å². The molecular weight excluding hydrogens is 158 g/mol. The topological polar surface area (TPSA) is 3.24 Å². The Morgan fingerprint density at radius 2 is 2.08 bits per heavy atom. The maximum atomic E-state index is 2.28. The highest BCUT2D eigenvalue weighted by molar-refractivity contribution is 5.60. The minimum Gasteiger partial charge on any atom is -0.351 e. The third-order valence-electron chi connectivity index (χ3n) is 2.70. The average Bonchev–Trinajstić information content (AvgIpc) is 2.19. The molecule has 1 aliphatic heterocycles. The highest BCUT2D eigenvalue weighted by atomic mass is 15.1. The van der Waals surface area contributed by atoms with E-state index in [1.54, 1.807) is 0 Å². The van der Waals surface area contributed by atoms with Gasteiger partial charge in [-0.3, -0.25) is 0 Å². The van der Waals surface area contributed by atoms with Gasteiger partial charge in [0.05, 0.1) is 0 Å². The fourth-order valence-corrected chi connectivity index (χ4v) is 1.90. The number of nitrogens with zero attached hydrogens (tertiary/aromatic N) is 1. The largest absolute Gasteiger partial charge is 0.351 e. The number of anilines is 1. The van der Waals surface area contributed by atoms with Crippen LogP contribution in [0.25, 0.3) is 0 Å². The van der Waals surface area contributed by atoms with Crippen molar-refractivity contribution in [1.29, 1.82) is 0 Å². The van der Waals surface area contributed by atoms with Crippen LogP contribution >= 0.6 is 0 Å². The van der Waals surface area contributed by atoms with Crippen LogP contribution in [0, 0.1) is 0 Å². The summed E-state index contributed by atoms with van der Waals surface area (Å²) in [5.74, 6) is 0.604. The first-order chi connectivity index (χ1) is 6.33. The van der Waals surface area contributed by atoms with Crippen molar-refractivity contribution in [2.45, 2.75) is 19.3 Å². The Morgan fingerprint density at radius 1 is 1.31 bits per heavy atom. The van der Waals surface area contributed by atoms with Crippen molar-refractivity contribution in [1.82, 2.24) is 0 Å². The number of benzene rings is 1. The molecule has 0 aliphatic carbocycles. The molecule has 1 heteroatoms. The molecule has 1 aromatic rings. The number of para-hydroxylation sites is 1. The summed E-state index contributed by atoms with van der Waals surface area (Å²) in [5.41, 5.74) is 2.80. The normalized spacial score (nSPS) is 20.2. The Kier molecular flexibility index (Phi) is 2.09. The van der Waals surface area contributed by atoms with E-state index in [1.807, 2.05) is 0 Å². The standard InChI is InChI=1S/C12H15N/c1-3-10-8-9-13(2)12-7-5-4-6-11(10)12/h4-10H,3H2,1-2H3/t10-/m1/s1. The van der Waals surface area contributed by atoms with Gasteiger partial charge >= 0.3 is 0 Å². The summed E-state index contributed by atoms with van der Waals surface area (Å²) in [4.78, 5) is 2.18. The number of hydrogen-bond acceptors (Lipinski definition) is 1. The molecule has 0 aromatic heterocycles.